The molecular formula is C9H9N3O5S. The second kappa shape index (κ2) is 5.02. The fourth-order valence-corrected chi connectivity index (χ4v) is 2.10. The summed E-state index contributed by atoms with van der Waals surface area (Å²) in [6.07, 6.45) is 0. The molecule has 2 heterocycles. The van der Waals surface area contributed by atoms with Gasteiger partial charge in [0.2, 0.25) is 0 Å². The fourth-order valence-electron chi connectivity index (χ4n) is 1.32. The number of anilines is 1. The molecule has 0 saturated carbocycles. The van der Waals surface area contributed by atoms with Crippen molar-refractivity contribution in [3.8, 4) is 0 Å². The van der Waals surface area contributed by atoms with Gasteiger partial charge in [0.25, 0.3) is 5.91 Å². The van der Waals surface area contributed by atoms with Gasteiger partial charge < -0.3 is 10.4 Å². The third-order valence-electron chi connectivity index (χ3n) is 2.17. The number of rotatable bonds is 3. The standard InChI is InChI=1S/C9H9N3O5S/c13-6-5(3-17-12-6)10-9(16)11-7-4(8(14)15)1-2-18-7/h1-2,5H,3H2,(H,12,13)(H,14,15)(H2,10,11,16)/t5-/m1/s1. The lowest BCUT2D eigenvalue weighted by molar-refractivity contribution is -0.124. The van der Waals surface area contributed by atoms with Gasteiger partial charge in [0.05, 0.1) is 5.56 Å². The molecule has 0 spiro atoms. The molecule has 96 valence electrons. The number of carbonyl (C=O) groups is 3. The van der Waals surface area contributed by atoms with Gasteiger partial charge >= 0.3 is 12.0 Å². The lowest BCUT2D eigenvalue weighted by atomic mass is 10.3. The molecular weight excluding hydrogens is 262 g/mol. The SMILES string of the molecule is O=C(Nc1sccc1C(=O)O)N[C@@H]1CONC1=O. The van der Waals surface area contributed by atoms with Crippen LogP contribution in [0.5, 0.6) is 0 Å². The second-order valence-corrected chi connectivity index (χ2v) is 4.31. The summed E-state index contributed by atoms with van der Waals surface area (Å²) < 4.78 is 0. The normalized spacial score (nSPS) is 18.2. The number of carbonyl (C=O) groups excluding carboxylic acids is 2. The Morgan fingerprint density at radius 2 is 2.33 bits per heavy atom. The number of carboxylic acids is 1. The number of carboxylic acid groups (broad SMARTS) is 1. The van der Waals surface area contributed by atoms with Crippen LogP contribution in [0.3, 0.4) is 0 Å². The van der Waals surface area contributed by atoms with E-state index in [0.29, 0.717) is 0 Å². The monoisotopic (exact) mass is 271 g/mol. The largest absolute Gasteiger partial charge is 0.478 e. The highest BCUT2D eigenvalue weighted by atomic mass is 32.1. The number of urea groups is 1. The van der Waals surface area contributed by atoms with E-state index < -0.39 is 23.9 Å². The molecule has 18 heavy (non-hydrogen) atoms. The number of aromatic carboxylic acids is 1. The van der Waals surface area contributed by atoms with Gasteiger partial charge in [-0.3, -0.25) is 14.9 Å². The highest BCUT2D eigenvalue weighted by Crippen LogP contribution is 2.22. The molecule has 4 N–H and O–H groups in total. The maximum Gasteiger partial charge on any atom is 0.338 e. The molecule has 1 atom stereocenters. The van der Waals surface area contributed by atoms with E-state index >= 15 is 0 Å². The van der Waals surface area contributed by atoms with Crippen molar-refractivity contribution < 1.29 is 24.3 Å². The van der Waals surface area contributed by atoms with Crippen LogP contribution in [0.4, 0.5) is 9.80 Å². The molecule has 1 fully saturated rings. The number of thiophene rings is 1. The summed E-state index contributed by atoms with van der Waals surface area (Å²) in [5, 5.41) is 15.3. The number of hydroxylamine groups is 1. The molecule has 0 radical (unpaired) electrons. The molecule has 0 aromatic carbocycles. The van der Waals surface area contributed by atoms with Crippen molar-refractivity contribution in [2.24, 2.45) is 0 Å². The maximum absolute atomic E-state index is 11.5. The molecule has 0 bridgehead atoms. The Morgan fingerprint density at radius 1 is 1.56 bits per heavy atom. The highest BCUT2D eigenvalue weighted by molar-refractivity contribution is 7.14. The smallest absolute Gasteiger partial charge is 0.338 e. The van der Waals surface area contributed by atoms with Crippen LogP contribution < -0.4 is 16.1 Å². The van der Waals surface area contributed by atoms with Crippen molar-refractivity contribution in [2.75, 3.05) is 11.9 Å². The molecule has 2 rings (SSSR count). The van der Waals surface area contributed by atoms with Crippen LogP contribution in [0.1, 0.15) is 10.4 Å². The van der Waals surface area contributed by atoms with E-state index in [0.717, 1.165) is 11.3 Å². The molecule has 9 heteroatoms. The molecule has 3 amide bonds. The Bertz CT molecular complexity index is 500. The van der Waals surface area contributed by atoms with Gasteiger partial charge in [-0.25, -0.2) is 15.1 Å². The third kappa shape index (κ3) is 2.57. The Hall–Kier alpha value is -2.13. The van der Waals surface area contributed by atoms with E-state index in [1.54, 1.807) is 5.38 Å². The van der Waals surface area contributed by atoms with Gasteiger partial charge in [-0.1, -0.05) is 0 Å². The first kappa shape index (κ1) is 12.3. The number of hydrogen-bond acceptors (Lipinski definition) is 5. The predicted octanol–water partition coefficient (Wildman–Crippen LogP) is -0.00220. The van der Waals surface area contributed by atoms with E-state index in [1.165, 1.54) is 6.07 Å². The maximum atomic E-state index is 11.5. The van der Waals surface area contributed by atoms with Gasteiger partial charge in [0.1, 0.15) is 17.6 Å². The van der Waals surface area contributed by atoms with Crippen molar-refractivity contribution in [1.29, 1.82) is 0 Å². The summed E-state index contributed by atoms with van der Waals surface area (Å²) in [6, 6.07) is -0.0580. The van der Waals surface area contributed by atoms with Crippen LogP contribution in [0, 0.1) is 0 Å². The van der Waals surface area contributed by atoms with Crippen molar-refractivity contribution in [1.82, 2.24) is 10.8 Å². The van der Waals surface area contributed by atoms with Crippen molar-refractivity contribution in [3.63, 3.8) is 0 Å². The van der Waals surface area contributed by atoms with Crippen LogP contribution >= 0.6 is 11.3 Å². The molecule has 1 saturated heterocycles. The summed E-state index contributed by atoms with van der Waals surface area (Å²) >= 11 is 1.08. The molecule has 1 aromatic heterocycles. The Morgan fingerprint density at radius 3 is 2.94 bits per heavy atom. The average molecular weight is 271 g/mol. The van der Waals surface area contributed by atoms with E-state index in [-0.39, 0.29) is 17.2 Å². The van der Waals surface area contributed by atoms with Gasteiger partial charge in [-0.15, -0.1) is 11.3 Å². The van der Waals surface area contributed by atoms with Crippen LogP contribution in [0.15, 0.2) is 11.4 Å². The second-order valence-electron chi connectivity index (χ2n) is 3.40. The van der Waals surface area contributed by atoms with Crippen molar-refractivity contribution in [3.05, 3.63) is 17.0 Å². The van der Waals surface area contributed by atoms with Gasteiger partial charge in [-0.05, 0) is 11.4 Å². The Kier molecular flexibility index (Phi) is 3.44. The predicted molar refractivity (Wildman–Crippen MR) is 61.3 cm³/mol. The zero-order valence-corrected chi connectivity index (χ0v) is 9.74. The third-order valence-corrected chi connectivity index (χ3v) is 3.00. The summed E-state index contributed by atoms with van der Waals surface area (Å²) in [5.74, 6) is -1.58. The molecule has 8 nitrogen and oxygen atoms in total. The molecule has 1 aliphatic rings. The Balaban J connectivity index is 1.96. The van der Waals surface area contributed by atoms with Crippen LogP contribution in [0.25, 0.3) is 0 Å². The minimum Gasteiger partial charge on any atom is -0.478 e. The van der Waals surface area contributed by atoms with Gasteiger partial charge in [0, 0.05) is 0 Å². The highest BCUT2D eigenvalue weighted by Gasteiger charge is 2.27. The topological polar surface area (TPSA) is 117 Å². The minimum absolute atomic E-state index is 0.00211. The quantitative estimate of drug-likeness (QED) is 0.617. The first-order valence-electron chi connectivity index (χ1n) is 4.88. The number of hydrogen-bond donors (Lipinski definition) is 4. The summed E-state index contributed by atoms with van der Waals surface area (Å²) in [7, 11) is 0. The molecule has 0 aliphatic carbocycles. The van der Waals surface area contributed by atoms with Crippen LogP contribution in [-0.4, -0.2) is 35.7 Å². The first-order chi connectivity index (χ1) is 8.58. The lowest BCUT2D eigenvalue weighted by Gasteiger charge is -2.09. The van der Waals surface area contributed by atoms with E-state index in [1.807, 2.05) is 0 Å². The summed E-state index contributed by atoms with van der Waals surface area (Å²) in [4.78, 5) is 38.1. The van der Waals surface area contributed by atoms with Crippen molar-refractivity contribution >= 4 is 34.2 Å². The number of nitrogens with one attached hydrogen (secondary N) is 3. The van der Waals surface area contributed by atoms with Crippen molar-refractivity contribution in [2.45, 2.75) is 6.04 Å². The molecule has 1 aliphatic heterocycles. The fraction of sp³-hybridized carbons (Fsp3) is 0.222. The lowest BCUT2D eigenvalue weighted by Crippen LogP contribution is -2.43. The van der Waals surface area contributed by atoms with E-state index in [9.17, 15) is 14.4 Å². The average Bonchev–Trinajstić information content (AvgIpc) is 2.89. The van der Waals surface area contributed by atoms with Gasteiger partial charge in [0.15, 0.2) is 0 Å². The molecule has 1 aromatic rings. The zero-order valence-electron chi connectivity index (χ0n) is 8.93. The first-order valence-corrected chi connectivity index (χ1v) is 5.76. The van der Waals surface area contributed by atoms with Crippen LogP contribution in [0.2, 0.25) is 0 Å². The minimum atomic E-state index is -1.13. The summed E-state index contributed by atoms with van der Waals surface area (Å²) in [6.45, 7) is 0.0302. The van der Waals surface area contributed by atoms with E-state index in [2.05, 4.69) is 21.0 Å². The number of amides is 3. The molecule has 0 unspecified atom stereocenters. The van der Waals surface area contributed by atoms with Crippen LogP contribution in [-0.2, 0) is 9.63 Å². The Labute approximate surface area is 105 Å². The van der Waals surface area contributed by atoms with Gasteiger partial charge in [-0.2, -0.15) is 0 Å². The van der Waals surface area contributed by atoms with E-state index in [4.69, 9.17) is 5.11 Å². The summed E-state index contributed by atoms with van der Waals surface area (Å²) in [5.41, 5.74) is 2.09. The zero-order chi connectivity index (χ0) is 13.1.